The quantitative estimate of drug-likeness (QED) is 0.790. The van der Waals surface area contributed by atoms with Crippen LogP contribution in [0.25, 0.3) is 0 Å². The summed E-state index contributed by atoms with van der Waals surface area (Å²) >= 11 is 0. The van der Waals surface area contributed by atoms with E-state index in [0.29, 0.717) is 18.8 Å². The molecule has 4 heteroatoms. The van der Waals surface area contributed by atoms with Gasteiger partial charge in [0.1, 0.15) is 12.4 Å². The highest BCUT2D eigenvalue weighted by molar-refractivity contribution is 5.97. The topological polar surface area (TPSA) is 55.6 Å². The van der Waals surface area contributed by atoms with Gasteiger partial charge in [-0.2, -0.15) is 0 Å². The number of carbonyl (C=O) groups is 1. The molecule has 0 saturated heterocycles. The molecule has 1 aromatic carbocycles. The summed E-state index contributed by atoms with van der Waals surface area (Å²) < 4.78 is 5.60. The summed E-state index contributed by atoms with van der Waals surface area (Å²) in [5.74, 6) is 1.19. The van der Waals surface area contributed by atoms with Crippen LogP contribution < -0.4 is 15.4 Å². The lowest BCUT2D eigenvalue weighted by molar-refractivity contribution is -0.123. The van der Waals surface area contributed by atoms with Crippen LogP contribution in [-0.4, -0.2) is 19.1 Å². The lowest BCUT2D eigenvalue weighted by Crippen LogP contribution is -2.42. The van der Waals surface area contributed by atoms with E-state index in [9.17, 15) is 4.79 Å². The van der Waals surface area contributed by atoms with Crippen molar-refractivity contribution >= 4 is 17.3 Å². The Hall–Kier alpha value is -1.71. The second-order valence-corrected chi connectivity index (χ2v) is 5.40. The maximum atomic E-state index is 12.7. The van der Waals surface area contributed by atoms with Crippen molar-refractivity contribution in [2.45, 2.75) is 32.1 Å². The van der Waals surface area contributed by atoms with Crippen molar-refractivity contribution in [1.29, 1.82) is 0 Å². The standard InChI is InChI=1S/C15H20N2O2/c16-12-6-7-14-13(10-12)17(8-9-19-14)15(18)11-4-2-1-3-5-11/h6-7,10-11H,1-5,8-9,16H2. The number of nitrogens with zero attached hydrogens (tertiary/aromatic N) is 1. The zero-order valence-electron chi connectivity index (χ0n) is 11.1. The Bertz CT molecular complexity index is 481. The Labute approximate surface area is 113 Å². The molecule has 0 bridgehead atoms. The fourth-order valence-corrected chi connectivity index (χ4v) is 3.03. The molecule has 1 saturated carbocycles. The average molecular weight is 260 g/mol. The number of fused-ring (bicyclic) bond motifs is 1. The second-order valence-electron chi connectivity index (χ2n) is 5.40. The predicted molar refractivity (Wildman–Crippen MR) is 75.3 cm³/mol. The molecule has 1 aliphatic carbocycles. The second kappa shape index (κ2) is 5.11. The number of amides is 1. The molecule has 1 heterocycles. The van der Waals surface area contributed by atoms with Gasteiger partial charge < -0.3 is 15.4 Å². The van der Waals surface area contributed by atoms with Crippen molar-refractivity contribution in [1.82, 2.24) is 0 Å². The molecule has 3 rings (SSSR count). The minimum atomic E-state index is 0.182. The number of benzene rings is 1. The third kappa shape index (κ3) is 2.39. The third-order valence-corrected chi connectivity index (χ3v) is 4.07. The molecule has 2 aliphatic rings. The van der Waals surface area contributed by atoms with Crippen LogP contribution in [-0.2, 0) is 4.79 Å². The van der Waals surface area contributed by atoms with Gasteiger partial charge in [-0.05, 0) is 31.0 Å². The van der Waals surface area contributed by atoms with Gasteiger partial charge in [-0.3, -0.25) is 4.79 Å². The van der Waals surface area contributed by atoms with Crippen LogP contribution in [0, 0.1) is 5.92 Å². The Morgan fingerprint density at radius 2 is 2.05 bits per heavy atom. The summed E-state index contributed by atoms with van der Waals surface area (Å²) in [4.78, 5) is 14.5. The number of rotatable bonds is 1. The van der Waals surface area contributed by atoms with Crippen LogP contribution >= 0.6 is 0 Å². The number of hydrogen-bond acceptors (Lipinski definition) is 3. The van der Waals surface area contributed by atoms with Gasteiger partial charge in [-0.15, -0.1) is 0 Å². The number of nitrogen functional groups attached to an aromatic ring is 1. The Morgan fingerprint density at radius 3 is 2.84 bits per heavy atom. The highest BCUT2D eigenvalue weighted by atomic mass is 16.5. The summed E-state index contributed by atoms with van der Waals surface area (Å²) in [6, 6.07) is 5.51. The molecule has 1 aliphatic heterocycles. The Morgan fingerprint density at radius 1 is 1.26 bits per heavy atom. The van der Waals surface area contributed by atoms with Crippen LogP contribution in [0.5, 0.6) is 5.75 Å². The molecule has 0 atom stereocenters. The fraction of sp³-hybridized carbons (Fsp3) is 0.533. The molecule has 19 heavy (non-hydrogen) atoms. The van der Waals surface area contributed by atoms with E-state index in [4.69, 9.17) is 10.5 Å². The minimum absolute atomic E-state index is 0.182. The summed E-state index contributed by atoms with van der Waals surface area (Å²) in [5, 5.41) is 0. The number of anilines is 2. The van der Waals surface area contributed by atoms with Gasteiger partial charge in [0.15, 0.2) is 0 Å². The molecule has 0 unspecified atom stereocenters. The largest absolute Gasteiger partial charge is 0.490 e. The van der Waals surface area contributed by atoms with Crippen molar-refractivity contribution < 1.29 is 9.53 Å². The predicted octanol–water partition coefficient (Wildman–Crippen LogP) is 2.57. The zero-order valence-corrected chi connectivity index (χ0v) is 11.1. The van der Waals surface area contributed by atoms with Gasteiger partial charge in [0.05, 0.1) is 12.2 Å². The number of hydrogen-bond donors (Lipinski definition) is 1. The lowest BCUT2D eigenvalue weighted by atomic mass is 9.88. The van der Waals surface area contributed by atoms with E-state index in [-0.39, 0.29) is 11.8 Å². The number of ether oxygens (including phenoxy) is 1. The molecule has 1 fully saturated rings. The van der Waals surface area contributed by atoms with Crippen molar-refractivity contribution in [3.05, 3.63) is 18.2 Å². The van der Waals surface area contributed by atoms with Crippen molar-refractivity contribution in [3.8, 4) is 5.75 Å². The summed E-state index contributed by atoms with van der Waals surface area (Å²) in [6.45, 7) is 1.20. The van der Waals surface area contributed by atoms with Gasteiger partial charge in [0, 0.05) is 11.6 Å². The van der Waals surface area contributed by atoms with Gasteiger partial charge in [0.25, 0.3) is 0 Å². The smallest absolute Gasteiger partial charge is 0.230 e. The summed E-state index contributed by atoms with van der Waals surface area (Å²) in [7, 11) is 0. The number of nitrogens with two attached hydrogens (primary N) is 1. The first kappa shape index (κ1) is 12.3. The van der Waals surface area contributed by atoms with Gasteiger partial charge in [-0.25, -0.2) is 0 Å². The molecule has 0 radical (unpaired) electrons. The van der Waals surface area contributed by atoms with Crippen LogP contribution in [0.15, 0.2) is 18.2 Å². The van der Waals surface area contributed by atoms with E-state index >= 15 is 0 Å². The maximum absolute atomic E-state index is 12.7. The van der Waals surface area contributed by atoms with Gasteiger partial charge in [0.2, 0.25) is 5.91 Å². The third-order valence-electron chi connectivity index (χ3n) is 4.07. The van der Waals surface area contributed by atoms with Gasteiger partial charge >= 0.3 is 0 Å². The van der Waals surface area contributed by atoms with E-state index in [1.165, 1.54) is 19.3 Å². The first-order valence-electron chi connectivity index (χ1n) is 7.09. The first-order valence-corrected chi connectivity index (χ1v) is 7.09. The summed E-state index contributed by atoms with van der Waals surface area (Å²) in [6.07, 6.45) is 5.65. The fourth-order valence-electron chi connectivity index (χ4n) is 3.03. The van der Waals surface area contributed by atoms with Crippen LogP contribution in [0.2, 0.25) is 0 Å². The minimum Gasteiger partial charge on any atom is -0.490 e. The zero-order chi connectivity index (χ0) is 13.2. The Kier molecular flexibility index (Phi) is 3.32. The summed E-state index contributed by atoms with van der Waals surface area (Å²) in [5.41, 5.74) is 7.34. The maximum Gasteiger partial charge on any atom is 0.230 e. The van der Waals surface area contributed by atoms with Gasteiger partial charge in [-0.1, -0.05) is 19.3 Å². The highest BCUT2D eigenvalue weighted by Crippen LogP contribution is 2.36. The Balaban J connectivity index is 1.86. The van der Waals surface area contributed by atoms with Crippen LogP contribution in [0.1, 0.15) is 32.1 Å². The highest BCUT2D eigenvalue weighted by Gasteiger charge is 2.30. The first-order chi connectivity index (χ1) is 9.25. The van der Waals surface area contributed by atoms with E-state index in [1.807, 2.05) is 23.1 Å². The van der Waals surface area contributed by atoms with Crippen molar-refractivity contribution in [2.24, 2.45) is 5.92 Å². The van der Waals surface area contributed by atoms with E-state index in [0.717, 1.165) is 24.3 Å². The number of carbonyl (C=O) groups excluding carboxylic acids is 1. The molecule has 102 valence electrons. The molecule has 1 amide bonds. The van der Waals surface area contributed by atoms with E-state index in [1.54, 1.807) is 0 Å². The molecule has 2 N–H and O–H groups in total. The van der Waals surface area contributed by atoms with E-state index in [2.05, 4.69) is 0 Å². The van der Waals surface area contributed by atoms with Crippen molar-refractivity contribution in [2.75, 3.05) is 23.8 Å². The lowest BCUT2D eigenvalue weighted by Gasteiger charge is -2.33. The van der Waals surface area contributed by atoms with Crippen molar-refractivity contribution in [3.63, 3.8) is 0 Å². The normalized spacial score (nSPS) is 19.7. The van der Waals surface area contributed by atoms with Crippen LogP contribution in [0.4, 0.5) is 11.4 Å². The molecular formula is C15H20N2O2. The molecule has 0 aromatic heterocycles. The van der Waals surface area contributed by atoms with Crippen LogP contribution in [0.3, 0.4) is 0 Å². The van der Waals surface area contributed by atoms with E-state index < -0.39 is 0 Å². The SMILES string of the molecule is Nc1ccc2c(c1)N(C(=O)C1CCCCC1)CCO2. The molecular weight excluding hydrogens is 240 g/mol. The molecule has 4 nitrogen and oxygen atoms in total. The monoisotopic (exact) mass is 260 g/mol. The molecule has 1 aromatic rings. The molecule has 0 spiro atoms. The average Bonchev–Trinajstić information content (AvgIpc) is 2.47.